The normalized spacial score (nSPS) is 20.8. The molecule has 0 amide bonds. The Balaban J connectivity index is 1.75. The molecule has 0 saturated carbocycles. The van der Waals surface area contributed by atoms with Gasteiger partial charge in [-0.2, -0.15) is 0 Å². The zero-order chi connectivity index (χ0) is 14.4. The van der Waals surface area contributed by atoms with Crippen LogP contribution < -0.4 is 5.73 Å². The van der Waals surface area contributed by atoms with Crippen LogP contribution in [0.1, 0.15) is 32.3 Å². The highest BCUT2D eigenvalue weighted by atomic mass is 15.3. The number of benzene rings is 1. The first-order chi connectivity index (χ1) is 9.59. The molecule has 1 aliphatic heterocycles. The molecule has 3 heteroatoms. The number of nitrogens with two attached hydrogens (primary N) is 1. The lowest BCUT2D eigenvalue weighted by Crippen LogP contribution is -2.53. The van der Waals surface area contributed by atoms with Gasteiger partial charge in [-0.05, 0) is 18.9 Å². The molecule has 20 heavy (non-hydrogen) atoms. The highest BCUT2D eigenvalue weighted by Gasteiger charge is 2.24. The van der Waals surface area contributed by atoms with E-state index in [4.69, 9.17) is 5.73 Å². The third-order valence-corrected chi connectivity index (χ3v) is 4.12. The van der Waals surface area contributed by atoms with Gasteiger partial charge >= 0.3 is 0 Å². The van der Waals surface area contributed by atoms with Crippen LogP contribution in [0.25, 0.3) is 0 Å². The molecular formula is C17H29N3. The Labute approximate surface area is 123 Å². The Morgan fingerprint density at radius 2 is 1.65 bits per heavy atom. The van der Waals surface area contributed by atoms with Crippen molar-refractivity contribution in [1.82, 2.24) is 9.80 Å². The zero-order valence-corrected chi connectivity index (χ0v) is 13.0. The molecule has 0 spiro atoms. The summed E-state index contributed by atoms with van der Waals surface area (Å²) in [7, 11) is 0. The third kappa shape index (κ3) is 4.89. The minimum atomic E-state index is -0.0314. The van der Waals surface area contributed by atoms with Crippen molar-refractivity contribution in [2.75, 3.05) is 32.7 Å². The number of rotatable bonds is 6. The molecule has 0 aliphatic carbocycles. The van der Waals surface area contributed by atoms with Crippen LogP contribution in [-0.4, -0.2) is 48.1 Å². The molecule has 1 unspecified atom stereocenters. The van der Waals surface area contributed by atoms with Crippen LogP contribution in [0.15, 0.2) is 30.3 Å². The predicted molar refractivity (Wildman–Crippen MR) is 85.7 cm³/mol. The molecule has 1 atom stereocenters. The molecule has 1 saturated heterocycles. The molecule has 2 N–H and O–H groups in total. The lowest BCUT2D eigenvalue weighted by atomic mass is 9.96. The quantitative estimate of drug-likeness (QED) is 0.865. The van der Waals surface area contributed by atoms with Gasteiger partial charge in [0.25, 0.3) is 0 Å². The first-order valence-electron chi connectivity index (χ1n) is 7.86. The van der Waals surface area contributed by atoms with E-state index in [1.807, 2.05) is 0 Å². The van der Waals surface area contributed by atoms with Gasteiger partial charge in [0, 0.05) is 44.8 Å². The summed E-state index contributed by atoms with van der Waals surface area (Å²) in [6.45, 7) is 11.1. The number of piperazine rings is 1. The minimum Gasteiger partial charge on any atom is -0.324 e. The zero-order valence-electron chi connectivity index (χ0n) is 13.0. The average Bonchev–Trinajstić information content (AvgIpc) is 2.42. The molecule has 3 nitrogen and oxygen atoms in total. The van der Waals surface area contributed by atoms with E-state index in [1.165, 1.54) is 12.0 Å². The van der Waals surface area contributed by atoms with Crippen LogP contribution in [-0.2, 0) is 6.54 Å². The van der Waals surface area contributed by atoms with Gasteiger partial charge in [-0.25, -0.2) is 0 Å². The monoisotopic (exact) mass is 275 g/mol. The standard InChI is InChI=1S/C17H29N3/c1-3-9-17(2,18)15-20-12-10-19(11-13-20)14-16-7-5-4-6-8-16/h4-8H,3,9-15,18H2,1-2H3. The van der Waals surface area contributed by atoms with E-state index in [-0.39, 0.29) is 5.54 Å². The van der Waals surface area contributed by atoms with E-state index < -0.39 is 0 Å². The highest BCUT2D eigenvalue weighted by molar-refractivity contribution is 5.14. The smallest absolute Gasteiger partial charge is 0.0254 e. The molecule has 0 bridgehead atoms. The van der Waals surface area contributed by atoms with Gasteiger partial charge in [-0.3, -0.25) is 9.80 Å². The van der Waals surface area contributed by atoms with E-state index in [0.717, 1.165) is 45.7 Å². The summed E-state index contributed by atoms with van der Waals surface area (Å²) in [4.78, 5) is 5.07. The van der Waals surface area contributed by atoms with Gasteiger partial charge in [-0.15, -0.1) is 0 Å². The maximum Gasteiger partial charge on any atom is 0.0254 e. The van der Waals surface area contributed by atoms with Crippen LogP contribution in [0, 0.1) is 0 Å². The number of hydrogen-bond donors (Lipinski definition) is 1. The van der Waals surface area contributed by atoms with Crippen molar-refractivity contribution < 1.29 is 0 Å². The Kier molecular flexibility index (Phi) is 5.58. The second-order valence-electron chi connectivity index (χ2n) is 6.44. The summed E-state index contributed by atoms with van der Waals surface area (Å²) < 4.78 is 0. The molecule has 0 aromatic heterocycles. The van der Waals surface area contributed by atoms with E-state index in [9.17, 15) is 0 Å². The molecule has 1 heterocycles. The molecule has 1 aromatic rings. The van der Waals surface area contributed by atoms with Gasteiger partial charge in [-0.1, -0.05) is 43.7 Å². The van der Waals surface area contributed by atoms with Crippen LogP contribution in [0.5, 0.6) is 0 Å². The maximum atomic E-state index is 6.36. The van der Waals surface area contributed by atoms with Crippen molar-refractivity contribution >= 4 is 0 Å². The molecular weight excluding hydrogens is 246 g/mol. The highest BCUT2D eigenvalue weighted by Crippen LogP contribution is 2.14. The van der Waals surface area contributed by atoms with E-state index in [2.05, 4.69) is 54.0 Å². The third-order valence-electron chi connectivity index (χ3n) is 4.12. The Morgan fingerprint density at radius 1 is 1.05 bits per heavy atom. The summed E-state index contributed by atoms with van der Waals surface area (Å²) in [5.74, 6) is 0. The predicted octanol–water partition coefficient (Wildman–Crippen LogP) is 2.32. The first-order valence-corrected chi connectivity index (χ1v) is 7.86. The van der Waals surface area contributed by atoms with Crippen LogP contribution in [0.3, 0.4) is 0 Å². The minimum absolute atomic E-state index is 0.0314. The van der Waals surface area contributed by atoms with Gasteiger partial charge < -0.3 is 5.73 Å². The molecule has 2 rings (SSSR count). The van der Waals surface area contributed by atoms with Gasteiger partial charge in [0.1, 0.15) is 0 Å². The maximum absolute atomic E-state index is 6.36. The van der Waals surface area contributed by atoms with E-state index in [0.29, 0.717) is 0 Å². The lowest BCUT2D eigenvalue weighted by Gasteiger charge is -2.38. The summed E-state index contributed by atoms with van der Waals surface area (Å²) in [6.07, 6.45) is 2.28. The van der Waals surface area contributed by atoms with Crippen molar-refractivity contribution in [3.63, 3.8) is 0 Å². The van der Waals surface area contributed by atoms with Crippen LogP contribution in [0.2, 0.25) is 0 Å². The van der Waals surface area contributed by atoms with E-state index >= 15 is 0 Å². The van der Waals surface area contributed by atoms with Gasteiger partial charge in [0.05, 0.1) is 0 Å². The first kappa shape index (κ1) is 15.5. The number of hydrogen-bond acceptors (Lipinski definition) is 3. The molecule has 1 fully saturated rings. The fraction of sp³-hybridized carbons (Fsp3) is 0.647. The SMILES string of the molecule is CCCC(C)(N)CN1CCN(Cc2ccccc2)CC1. The van der Waals surface area contributed by atoms with E-state index in [1.54, 1.807) is 0 Å². The van der Waals surface area contributed by atoms with Crippen molar-refractivity contribution in [2.24, 2.45) is 5.73 Å². The largest absolute Gasteiger partial charge is 0.324 e. The van der Waals surface area contributed by atoms with Crippen LogP contribution >= 0.6 is 0 Å². The Bertz CT molecular complexity index is 380. The molecule has 1 aliphatic rings. The topological polar surface area (TPSA) is 32.5 Å². The molecule has 112 valence electrons. The fourth-order valence-electron chi connectivity index (χ4n) is 3.11. The summed E-state index contributed by atoms with van der Waals surface area (Å²) in [6, 6.07) is 10.7. The van der Waals surface area contributed by atoms with Crippen LogP contribution in [0.4, 0.5) is 0 Å². The second kappa shape index (κ2) is 7.21. The Morgan fingerprint density at radius 3 is 2.25 bits per heavy atom. The Hall–Kier alpha value is -0.900. The summed E-state index contributed by atoms with van der Waals surface area (Å²) >= 11 is 0. The second-order valence-corrected chi connectivity index (χ2v) is 6.44. The molecule has 1 aromatic carbocycles. The lowest BCUT2D eigenvalue weighted by molar-refractivity contribution is 0.107. The molecule has 0 radical (unpaired) electrons. The summed E-state index contributed by atoms with van der Waals surface area (Å²) in [5, 5.41) is 0. The van der Waals surface area contributed by atoms with Crippen molar-refractivity contribution in [3.8, 4) is 0 Å². The summed E-state index contributed by atoms with van der Waals surface area (Å²) in [5.41, 5.74) is 7.74. The van der Waals surface area contributed by atoms with Crippen molar-refractivity contribution in [2.45, 2.75) is 38.8 Å². The van der Waals surface area contributed by atoms with Crippen molar-refractivity contribution in [1.29, 1.82) is 0 Å². The van der Waals surface area contributed by atoms with Gasteiger partial charge in [0.15, 0.2) is 0 Å². The number of nitrogens with zero attached hydrogens (tertiary/aromatic N) is 2. The average molecular weight is 275 g/mol. The van der Waals surface area contributed by atoms with Gasteiger partial charge in [0.2, 0.25) is 0 Å². The fourth-order valence-corrected chi connectivity index (χ4v) is 3.11. The van der Waals surface area contributed by atoms with Crippen molar-refractivity contribution in [3.05, 3.63) is 35.9 Å².